The lowest BCUT2D eigenvalue weighted by atomic mass is 10.1. The van der Waals surface area contributed by atoms with Crippen molar-refractivity contribution in [3.8, 4) is 11.5 Å². The van der Waals surface area contributed by atoms with Crippen molar-refractivity contribution in [2.24, 2.45) is 5.73 Å². The summed E-state index contributed by atoms with van der Waals surface area (Å²) in [4.78, 5) is 0. The maximum absolute atomic E-state index is 5.46. The molecule has 3 nitrogen and oxygen atoms in total. The number of rotatable bonds is 2. The predicted molar refractivity (Wildman–Crippen MR) is 45.3 cm³/mol. The largest absolute Gasteiger partial charge is 0.454 e. The molecule has 64 valence electrons. The second-order valence-corrected chi connectivity index (χ2v) is 2.69. The van der Waals surface area contributed by atoms with Gasteiger partial charge < -0.3 is 15.2 Å². The van der Waals surface area contributed by atoms with E-state index in [1.807, 2.05) is 18.2 Å². The van der Waals surface area contributed by atoms with Crippen LogP contribution in [0.15, 0.2) is 18.2 Å². The van der Waals surface area contributed by atoms with Gasteiger partial charge in [0.1, 0.15) is 0 Å². The van der Waals surface area contributed by atoms with Crippen LogP contribution in [0.25, 0.3) is 0 Å². The average molecular weight is 165 g/mol. The second kappa shape index (κ2) is 3.03. The molecule has 0 bridgehead atoms. The summed E-state index contributed by atoms with van der Waals surface area (Å²) in [5.41, 5.74) is 6.59. The van der Waals surface area contributed by atoms with Crippen LogP contribution in [-0.4, -0.2) is 13.3 Å². The fourth-order valence-corrected chi connectivity index (χ4v) is 1.34. The van der Waals surface area contributed by atoms with Crippen molar-refractivity contribution in [1.29, 1.82) is 0 Å². The molecule has 0 amide bonds. The molecule has 0 unspecified atom stereocenters. The minimum absolute atomic E-state index is 0.330. The Balaban J connectivity index is 2.36. The first-order valence-corrected chi connectivity index (χ1v) is 3.99. The van der Waals surface area contributed by atoms with Crippen molar-refractivity contribution >= 4 is 0 Å². The minimum Gasteiger partial charge on any atom is -0.454 e. The highest BCUT2D eigenvalue weighted by atomic mass is 16.7. The van der Waals surface area contributed by atoms with Gasteiger partial charge in [0.2, 0.25) is 6.79 Å². The monoisotopic (exact) mass is 165 g/mol. The quantitative estimate of drug-likeness (QED) is 0.708. The van der Waals surface area contributed by atoms with Crippen LogP contribution >= 0.6 is 0 Å². The summed E-state index contributed by atoms with van der Waals surface area (Å²) in [5.74, 6) is 1.70. The zero-order valence-corrected chi connectivity index (χ0v) is 6.75. The van der Waals surface area contributed by atoms with Gasteiger partial charge in [0.15, 0.2) is 11.5 Å². The summed E-state index contributed by atoms with van der Waals surface area (Å²) in [5, 5.41) is 0. The number of benzene rings is 1. The predicted octanol–water partition coefficient (Wildman–Crippen LogP) is 0.916. The minimum atomic E-state index is 0.330. The number of nitrogens with two attached hydrogens (primary N) is 1. The second-order valence-electron chi connectivity index (χ2n) is 2.69. The number of ether oxygens (including phenoxy) is 2. The Morgan fingerprint density at radius 3 is 3.08 bits per heavy atom. The van der Waals surface area contributed by atoms with E-state index < -0.39 is 0 Å². The molecular weight excluding hydrogens is 154 g/mol. The zero-order chi connectivity index (χ0) is 8.39. The molecule has 0 fully saturated rings. The van der Waals surface area contributed by atoms with Crippen molar-refractivity contribution in [3.63, 3.8) is 0 Å². The number of hydrogen-bond donors (Lipinski definition) is 1. The fourth-order valence-electron chi connectivity index (χ4n) is 1.34. The Hall–Kier alpha value is -1.22. The molecule has 1 heterocycles. The lowest BCUT2D eigenvalue weighted by Gasteiger charge is -2.02. The molecule has 0 aromatic heterocycles. The van der Waals surface area contributed by atoms with Crippen molar-refractivity contribution in [1.82, 2.24) is 0 Å². The van der Waals surface area contributed by atoms with Gasteiger partial charge in [0, 0.05) is 0 Å². The van der Waals surface area contributed by atoms with E-state index >= 15 is 0 Å². The molecule has 1 aliphatic heterocycles. The summed E-state index contributed by atoms with van der Waals surface area (Å²) in [7, 11) is 0. The summed E-state index contributed by atoms with van der Waals surface area (Å²) in [6.07, 6.45) is 0.840. The standard InChI is InChI=1S/C9H11NO2/c10-5-4-7-2-1-3-8-9(7)12-6-11-8/h1-3H,4-6,10H2. The van der Waals surface area contributed by atoms with Gasteiger partial charge in [-0.1, -0.05) is 12.1 Å². The van der Waals surface area contributed by atoms with E-state index in [1.165, 1.54) is 0 Å². The summed E-state index contributed by atoms with van der Waals surface area (Å²) in [6, 6.07) is 5.88. The first-order chi connectivity index (χ1) is 5.92. The highest BCUT2D eigenvalue weighted by Crippen LogP contribution is 2.35. The molecule has 0 spiro atoms. The molecule has 0 radical (unpaired) electrons. The lowest BCUT2D eigenvalue weighted by Crippen LogP contribution is -2.03. The van der Waals surface area contributed by atoms with Crippen LogP contribution in [0.4, 0.5) is 0 Å². The highest BCUT2D eigenvalue weighted by molar-refractivity contribution is 5.48. The summed E-state index contributed by atoms with van der Waals surface area (Å²) < 4.78 is 10.5. The Morgan fingerprint density at radius 2 is 2.25 bits per heavy atom. The third kappa shape index (κ3) is 1.12. The molecule has 12 heavy (non-hydrogen) atoms. The average Bonchev–Trinajstić information content (AvgIpc) is 2.53. The van der Waals surface area contributed by atoms with Crippen molar-refractivity contribution in [2.75, 3.05) is 13.3 Å². The van der Waals surface area contributed by atoms with Crippen LogP contribution in [0.1, 0.15) is 5.56 Å². The highest BCUT2D eigenvalue weighted by Gasteiger charge is 2.15. The molecule has 0 saturated carbocycles. The van der Waals surface area contributed by atoms with Crippen LogP contribution in [0.2, 0.25) is 0 Å². The van der Waals surface area contributed by atoms with Gasteiger partial charge in [-0.15, -0.1) is 0 Å². The van der Waals surface area contributed by atoms with E-state index in [2.05, 4.69) is 0 Å². The SMILES string of the molecule is NCCc1cccc2c1OCO2. The number of para-hydroxylation sites is 1. The molecule has 2 rings (SSSR count). The molecule has 0 atom stereocenters. The van der Waals surface area contributed by atoms with Crippen LogP contribution in [-0.2, 0) is 6.42 Å². The molecule has 0 aliphatic carbocycles. The Kier molecular flexibility index (Phi) is 1.87. The van der Waals surface area contributed by atoms with Gasteiger partial charge in [0.05, 0.1) is 0 Å². The van der Waals surface area contributed by atoms with E-state index in [0.29, 0.717) is 13.3 Å². The molecule has 1 aromatic carbocycles. The first kappa shape index (κ1) is 7.43. The van der Waals surface area contributed by atoms with Crippen LogP contribution < -0.4 is 15.2 Å². The van der Waals surface area contributed by atoms with Gasteiger partial charge in [0.25, 0.3) is 0 Å². The maximum Gasteiger partial charge on any atom is 0.231 e. The maximum atomic E-state index is 5.46. The third-order valence-electron chi connectivity index (χ3n) is 1.89. The van der Waals surface area contributed by atoms with Gasteiger partial charge in [-0.3, -0.25) is 0 Å². The van der Waals surface area contributed by atoms with E-state index in [4.69, 9.17) is 15.2 Å². The van der Waals surface area contributed by atoms with Crippen LogP contribution in [0.5, 0.6) is 11.5 Å². The smallest absolute Gasteiger partial charge is 0.231 e. The third-order valence-corrected chi connectivity index (χ3v) is 1.89. The van der Waals surface area contributed by atoms with Crippen molar-refractivity contribution < 1.29 is 9.47 Å². The van der Waals surface area contributed by atoms with Gasteiger partial charge in [-0.2, -0.15) is 0 Å². The molecular formula is C9H11NO2. The number of fused-ring (bicyclic) bond motifs is 1. The topological polar surface area (TPSA) is 44.5 Å². The first-order valence-electron chi connectivity index (χ1n) is 3.99. The summed E-state index contributed by atoms with van der Waals surface area (Å²) >= 11 is 0. The van der Waals surface area contributed by atoms with Crippen molar-refractivity contribution in [2.45, 2.75) is 6.42 Å². The zero-order valence-electron chi connectivity index (χ0n) is 6.75. The fraction of sp³-hybridized carbons (Fsp3) is 0.333. The van der Waals surface area contributed by atoms with Crippen LogP contribution in [0, 0.1) is 0 Å². The van der Waals surface area contributed by atoms with Gasteiger partial charge >= 0.3 is 0 Å². The Labute approximate surface area is 71.1 Å². The Bertz CT molecular complexity index is 286. The molecule has 0 saturated heterocycles. The van der Waals surface area contributed by atoms with E-state index in [9.17, 15) is 0 Å². The summed E-state index contributed by atoms with van der Waals surface area (Å²) in [6.45, 7) is 0.969. The molecule has 2 N–H and O–H groups in total. The van der Waals surface area contributed by atoms with Crippen LogP contribution in [0.3, 0.4) is 0 Å². The van der Waals surface area contributed by atoms with E-state index in [0.717, 1.165) is 23.5 Å². The van der Waals surface area contributed by atoms with E-state index in [-0.39, 0.29) is 0 Å². The normalized spacial score (nSPS) is 13.4. The van der Waals surface area contributed by atoms with E-state index in [1.54, 1.807) is 0 Å². The molecule has 3 heteroatoms. The molecule has 1 aliphatic rings. The van der Waals surface area contributed by atoms with Crippen molar-refractivity contribution in [3.05, 3.63) is 23.8 Å². The number of hydrogen-bond acceptors (Lipinski definition) is 3. The van der Waals surface area contributed by atoms with Gasteiger partial charge in [-0.05, 0) is 24.6 Å². The molecule has 1 aromatic rings. The lowest BCUT2D eigenvalue weighted by molar-refractivity contribution is 0.173. The van der Waals surface area contributed by atoms with Gasteiger partial charge in [-0.25, -0.2) is 0 Å². The Morgan fingerprint density at radius 1 is 1.33 bits per heavy atom.